The van der Waals surface area contributed by atoms with Crippen molar-refractivity contribution in [1.29, 1.82) is 0 Å². The Balaban J connectivity index is 1.94. The third kappa shape index (κ3) is 3.59. The average Bonchev–Trinajstić information content (AvgIpc) is 2.46. The molecule has 0 spiro atoms. The van der Waals surface area contributed by atoms with Gasteiger partial charge in [-0.2, -0.15) is 0 Å². The lowest BCUT2D eigenvalue weighted by atomic mass is 10.1. The molecule has 19 heavy (non-hydrogen) atoms. The molecule has 1 amide bonds. The van der Waals surface area contributed by atoms with Gasteiger partial charge in [0, 0.05) is 6.20 Å². The molecule has 98 valence electrons. The lowest BCUT2D eigenvalue weighted by molar-refractivity contribution is -0.129. The number of carbonyl (C=O) groups is 1. The second-order valence-electron chi connectivity index (χ2n) is 3.99. The van der Waals surface area contributed by atoms with Crippen molar-refractivity contribution in [3.63, 3.8) is 0 Å². The number of carbonyl (C=O) groups excluding carboxylic acids is 1. The lowest BCUT2D eigenvalue weighted by Crippen LogP contribution is -2.29. The van der Waals surface area contributed by atoms with E-state index < -0.39 is 17.8 Å². The standard InChI is InChI=1S/C14H13FN2O2/c15-11-6-4-10(5-7-11)13(18)14(19)17-9-12-3-1-2-8-16-12/h1-8,13,18H,9H2,(H,17,19). The van der Waals surface area contributed by atoms with Crippen molar-refractivity contribution in [3.05, 3.63) is 65.7 Å². The summed E-state index contributed by atoms with van der Waals surface area (Å²) in [6.07, 6.45) is 0.307. The van der Waals surface area contributed by atoms with E-state index in [9.17, 15) is 14.3 Å². The molecule has 0 aliphatic rings. The molecule has 1 atom stereocenters. The van der Waals surface area contributed by atoms with E-state index in [1.807, 2.05) is 6.07 Å². The van der Waals surface area contributed by atoms with Crippen LogP contribution in [0.2, 0.25) is 0 Å². The summed E-state index contributed by atoms with van der Waals surface area (Å²) in [5.74, 6) is -0.956. The summed E-state index contributed by atoms with van der Waals surface area (Å²) in [4.78, 5) is 15.8. The Kier molecular flexibility index (Phi) is 4.20. The number of aliphatic hydroxyl groups excluding tert-OH is 1. The van der Waals surface area contributed by atoms with Gasteiger partial charge in [-0.05, 0) is 29.8 Å². The van der Waals surface area contributed by atoms with Gasteiger partial charge in [-0.15, -0.1) is 0 Å². The Morgan fingerprint density at radius 2 is 2.00 bits per heavy atom. The van der Waals surface area contributed by atoms with Crippen molar-refractivity contribution in [3.8, 4) is 0 Å². The van der Waals surface area contributed by atoms with Gasteiger partial charge in [0.25, 0.3) is 5.91 Å². The monoisotopic (exact) mass is 260 g/mol. The van der Waals surface area contributed by atoms with Gasteiger partial charge in [0.1, 0.15) is 5.82 Å². The van der Waals surface area contributed by atoms with Crippen molar-refractivity contribution in [2.75, 3.05) is 0 Å². The van der Waals surface area contributed by atoms with Gasteiger partial charge < -0.3 is 10.4 Å². The van der Waals surface area contributed by atoms with Crippen LogP contribution in [0.3, 0.4) is 0 Å². The molecule has 0 radical (unpaired) electrons. The SMILES string of the molecule is O=C(NCc1ccccn1)C(O)c1ccc(F)cc1. The summed E-state index contributed by atoms with van der Waals surface area (Å²) in [5, 5.41) is 12.4. The Labute approximate surface area is 109 Å². The van der Waals surface area contributed by atoms with Gasteiger partial charge in [-0.1, -0.05) is 18.2 Å². The number of aromatic nitrogens is 1. The van der Waals surface area contributed by atoms with E-state index in [1.54, 1.807) is 18.3 Å². The number of benzene rings is 1. The molecular weight excluding hydrogens is 247 g/mol. The number of hydrogen-bond donors (Lipinski definition) is 2. The molecule has 0 aliphatic heterocycles. The topological polar surface area (TPSA) is 62.2 Å². The van der Waals surface area contributed by atoms with Crippen LogP contribution in [0.25, 0.3) is 0 Å². The first-order chi connectivity index (χ1) is 9.16. The van der Waals surface area contributed by atoms with Gasteiger partial charge in [-0.25, -0.2) is 4.39 Å². The smallest absolute Gasteiger partial charge is 0.253 e. The largest absolute Gasteiger partial charge is 0.378 e. The maximum atomic E-state index is 12.7. The highest BCUT2D eigenvalue weighted by atomic mass is 19.1. The van der Waals surface area contributed by atoms with Crippen LogP contribution in [-0.4, -0.2) is 16.0 Å². The van der Waals surface area contributed by atoms with Crippen molar-refractivity contribution in [1.82, 2.24) is 10.3 Å². The molecular formula is C14H13FN2O2. The number of nitrogens with one attached hydrogen (secondary N) is 1. The van der Waals surface area contributed by atoms with Crippen molar-refractivity contribution >= 4 is 5.91 Å². The molecule has 4 nitrogen and oxygen atoms in total. The maximum absolute atomic E-state index is 12.7. The second kappa shape index (κ2) is 6.06. The number of amides is 1. The summed E-state index contributed by atoms with van der Waals surface area (Å²) < 4.78 is 12.7. The molecule has 2 N–H and O–H groups in total. The fourth-order valence-corrected chi connectivity index (χ4v) is 1.57. The third-order valence-electron chi connectivity index (χ3n) is 2.60. The van der Waals surface area contributed by atoms with E-state index in [0.717, 1.165) is 0 Å². The zero-order chi connectivity index (χ0) is 13.7. The quantitative estimate of drug-likeness (QED) is 0.877. The molecule has 1 heterocycles. The molecule has 0 saturated carbocycles. The van der Waals surface area contributed by atoms with Gasteiger partial charge in [-0.3, -0.25) is 9.78 Å². The number of hydrogen-bond acceptors (Lipinski definition) is 3. The molecule has 0 fully saturated rings. The van der Waals surface area contributed by atoms with Crippen LogP contribution in [0, 0.1) is 5.82 Å². The molecule has 1 aromatic heterocycles. The van der Waals surface area contributed by atoms with Crippen LogP contribution in [0.1, 0.15) is 17.4 Å². The minimum Gasteiger partial charge on any atom is -0.378 e. The van der Waals surface area contributed by atoms with Crippen molar-refractivity contribution in [2.45, 2.75) is 12.6 Å². The zero-order valence-corrected chi connectivity index (χ0v) is 10.1. The van der Waals surface area contributed by atoms with E-state index in [0.29, 0.717) is 11.3 Å². The van der Waals surface area contributed by atoms with Gasteiger partial charge in [0.2, 0.25) is 0 Å². The number of aliphatic hydroxyl groups is 1. The Morgan fingerprint density at radius 1 is 1.26 bits per heavy atom. The molecule has 1 unspecified atom stereocenters. The first kappa shape index (κ1) is 13.2. The fraction of sp³-hybridized carbons (Fsp3) is 0.143. The minimum absolute atomic E-state index is 0.234. The number of rotatable bonds is 4. The first-order valence-corrected chi connectivity index (χ1v) is 5.78. The molecule has 0 aliphatic carbocycles. The summed E-state index contributed by atoms with van der Waals surface area (Å²) in [7, 11) is 0. The summed E-state index contributed by atoms with van der Waals surface area (Å²) in [6.45, 7) is 0.234. The lowest BCUT2D eigenvalue weighted by Gasteiger charge is -2.11. The third-order valence-corrected chi connectivity index (χ3v) is 2.60. The highest BCUT2D eigenvalue weighted by molar-refractivity contribution is 5.81. The molecule has 0 saturated heterocycles. The van der Waals surface area contributed by atoms with E-state index in [-0.39, 0.29) is 6.54 Å². The fourth-order valence-electron chi connectivity index (χ4n) is 1.57. The molecule has 0 bridgehead atoms. The van der Waals surface area contributed by atoms with Crippen LogP contribution in [0.5, 0.6) is 0 Å². The molecule has 1 aromatic carbocycles. The Bertz CT molecular complexity index is 543. The average molecular weight is 260 g/mol. The molecule has 2 rings (SSSR count). The zero-order valence-electron chi connectivity index (χ0n) is 10.1. The minimum atomic E-state index is -1.32. The van der Waals surface area contributed by atoms with Crippen LogP contribution in [-0.2, 0) is 11.3 Å². The van der Waals surface area contributed by atoms with Crippen molar-refractivity contribution in [2.24, 2.45) is 0 Å². The van der Waals surface area contributed by atoms with E-state index in [2.05, 4.69) is 10.3 Å². The molecule has 2 aromatic rings. The van der Waals surface area contributed by atoms with Crippen molar-refractivity contribution < 1.29 is 14.3 Å². The Morgan fingerprint density at radius 3 is 2.63 bits per heavy atom. The highest BCUT2D eigenvalue weighted by Crippen LogP contribution is 2.13. The summed E-state index contributed by atoms with van der Waals surface area (Å²) in [5.41, 5.74) is 1.04. The predicted molar refractivity (Wildman–Crippen MR) is 67.4 cm³/mol. The maximum Gasteiger partial charge on any atom is 0.253 e. The first-order valence-electron chi connectivity index (χ1n) is 5.78. The van der Waals surface area contributed by atoms with Crippen LogP contribution in [0.4, 0.5) is 4.39 Å². The predicted octanol–water partition coefficient (Wildman–Crippen LogP) is 1.57. The number of pyridine rings is 1. The van der Waals surface area contributed by atoms with Gasteiger partial charge in [0.15, 0.2) is 6.10 Å². The van der Waals surface area contributed by atoms with E-state index >= 15 is 0 Å². The van der Waals surface area contributed by atoms with Crippen LogP contribution >= 0.6 is 0 Å². The summed E-state index contributed by atoms with van der Waals surface area (Å²) >= 11 is 0. The number of halogens is 1. The normalized spacial score (nSPS) is 11.9. The highest BCUT2D eigenvalue weighted by Gasteiger charge is 2.16. The molecule has 5 heteroatoms. The summed E-state index contributed by atoms with van der Waals surface area (Å²) in [6, 6.07) is 10.5. The van der Waals surface area contributed by atoms with Gasteiger partial charge >= 0.3 is 0 Å². The van der Waals surface area contributed by atoms with Crippen LogP contribution in [0.15, 0.2) is 48.7 Å². The second-order valence-corrected chi connectivity index (χ2v) is 3.99. The number of nitrogens with zero attached hydrogens (tertiary/aromatic N) is 1. The van der Waals surface area contributed by atoms with Crippen LogP contribution < -0.4 is 5.32 Å². The van der Waals surface area contributed by atoms with E-state index in [4.69, 9.17) is 0 Å². The van der Waals surface area contributed by atoms with E-state index in [1.165, 1.54) is 24.3 Å². The Hall–Kier alpha value is -2.27. The van der Waals surface area contributed by atoms with Gasteiger partial charge in [0.05, 0.1) is 12.2 Å².